The highest BCUT2D eigenvalue weighted by atomic mass is 16.2. The van der Waals surface area contributed by atoms with E-state index in [0.717, 1.165) is 50.2 Å². The van der Waals surface area contributed by atoms with E-state index in [4.69, 9.17) is 0 Å². The quantitative estimate of drug-likeness (QED) is 0.608. The summed E-state index contributed by atoms with van der Waals surface area (Å²) in [6.07, 6.45) is 10.7. The predicted molar refractivity (Wildman–Crippen MR) is 134 cm³/mol. The van der Waals surface area contributed by atoms with Gasteiger partial charge in [-0.05, 0) is 39.2 Å². The van der Waals surface area contributed by atoms with E-state index < -0.39 is 0 Å². The molecule has 2 fully saturated rings. The van der Waals surface area contributed by atoms with Gasteiger partial charge in [0.2, 0.25) is 11.8 Å². The average Bonchev–Trinajstić information content (AvgIpc) is 3.23. The Kier molecular flexibility index (Phi) is 8.81. The zero-order valence-corrected chi connectivity index (χ0v) is 21.6. The van der Waals surface area contributed by atoms with E-state index in [1.54, 1.807) is 9.58 Å². The van der Waals surface area contributed by atoms with Gasteiger partial charge < -0.3 is 20.0 Å². The van der Waals surface area contributed by atoms with Gasteiger partial charge in [0.15, 0.2) is 5.69 Å². The lowest BCUT2D eigenvalue weighted by molar-refractivity contribution is -0.134. The fourth-order valence-electron chi connectivity index (χ4n) is 5.77. The minimum Gasteiger partial charge on any atom is -0.355 e. The fourth-order valence-corrected chi connectivity index (χ4v) is 5.77. The number of fused-ring (bicyclic) bond motifs is 1. The van der Waals surface area contributed by atoms with E-state index in [9.17, 15) is 14.4 Å². The number of rotatable bonds is 8. The molecule has 0 bridgehead atoms. The van der Waals surface area contributed by atoms with E-state index in [1.807, 2.05) is 11.9 Å². The lowest BCUT2D eigenvalue weighted by atomic mass is 9.94. The van der Waals surface area contributed by atoms with Crippen molar-refractivity contribution in [3.63, 3.8) is 0 Å². The second-order valence-corrected chi connectivity index (χ2v) is 10.4. The van der Waals surface area contributed by atoms with Gasteiger partial charge in [-0.25, -0.2) is 0 Å². The van der Waals surface area contributed by atoms with Crippen molar-refractivity contribution in [3.8, 4) is 0 Å². The Morgan fingerprint density at radius 1 is 0.971 bits per heavy atom. The molecule has 194 valence electrons. The maximum atomic E-state index is 13.1. The number of piperidine rings is 1. The highest BCUT2D eigenvalue weighted by Crippen LogP contribution is 2.25. The third-order valence-electron chi connectivity index (χ3n) is 7.99. The summed E-state index contributed by atoms with van der Waals surface area (Å²) in [6, 6.07) is 0.630. The van der Waals surface area contributed by atoms with Crippen LogP contribution < -0.4 is 5.32 Å². The summed E-state index contributed by atoms with van der Waals surface area (Å²) < 4.78 is 1.80. The lowest BCUT2D eigenvalue weighted by Crippen LogP contribution is -2.40. The molecule has 0 spiro atoms. The number of likely N-dealkylation sites (tertiary alicyclic amines) is 1. The Labute approximate surface area is 209 Å². The van der Waals surface area contributed by atoms with Crippen molar-refractivity contribution in [1.82, 2.24) is 29.8 Å². The smallest absolute Gasteiger partial charge is 0.274 e. The molecule has 1 aromatic rings. The van der Waals surface area contributed by atoms with Crippen molar-refractivity contribution in [1.29, 1.82) is 0 Å². The van der Waals surface area contributed by atoms with Gasteiger partial charge in [-0.3, -0.25) is 19.1 Å². The number of nitrogens with zero attached hydrogens (tertiary/aromatic N) is 5. The Morgan fingerprint density at radius 2 is 1.69 bits per heavy atom. The third-order valence-corrected chi connectivity index (χ3v) is 7.99. The van der Waals surface area contributed by atoms with Gasteiger partial charge >= 0.3 is 0 Å². The van der Waals surface area contributed by atoms with Crippen LogP contribution in [0.4, 0.5) is 0 Å². The van der Waals surface area contributed by atoms with E-state index in [1.165, 1.54) is 32.1 Å². The molecule has 35 heavy (non-hydrogen) atoms. The largest absolute Gasteiger partial charge is 0.355 e. The summed E-state index contributed by atoms with van der Waals surface area (Å²) in [7, 11) is 4.01. The molecule has 1 saturated carbocycles. The second-order valence-electron chi connectivity index (χ2n) is 10.4. The van der Waals surface area contributed by atoms with Crippen LogP contribution in [-0.4, -0.2) is 88.0 Å². The molecule has 3 amide bonds. The summed E-state index contributed by atoms with van der Waals surface area (Å²) in [5, 5.41) is 7.51. The first-order valence-corrected chi connectivity index (χ1v) is 13.5. The van der Waals surface area contributed by atoms with Crippen LogP contribution in [0.3, 0.4) is 0 Å². The molecule has 0 unspecified atom stereocenters. The number of aryl methyl sites for hydroxylation is 1. The molecule has 0 radical (unpaired) electrons. The zero-order chi connectivity index (χ0) is 24.8. The Balaban J connectivity index is 1.24. The molecule has 3 aliphatic rings. The van der Waals surface area contributed by atoms with Crippen LogP contribution in [0.5, 0.6) is 0 Å². The summed E-state index contributed by atoms with van der Waals surface area (Å²) >= 11 is 0. The first kappa shape index (κ1) is 25.7. The number of amides is 3. The molecular formula is C26H42N6O3. The highest BCUT2D eigenvalue weighted by Gasteiger charge is 2.31. The van der Waals surface area contributed by atoms with Crippen LogP contribution in [0.25, 0.3) is 0 Å². The maximum absolute atomic E-state index is 13.1. The predicted octanol–water partition coefficient (Wildman–Crippen LogP) is 2.09. The zero-order valence-electron chi connectivity index (χ0n) is 21.6. The van der Waals surface area contributed by atoms with E-state index in [0.29, 0.717) is 37.8 Å². The van der Waals surface area contributed by atoms with E-state index in [2.05, 4.69) is 22.4 Å². The molecule has 2 aliphatic heterocycles. The van der Waals surface area contributed by atoms with Crippen LogP contribution in [0, 0.1) is 0 Å². The third kappa shape index (κ3) is 6.42. The Bertz CT molecular complexity index is 901. The van der Waals surface area contributed by atoms with Gasteiger partial charge in [0.05, 0.1) is 0 Å². The van der Waals surface area contributed by atoms with E-state index >= 15 is 0 Å². The van der Waals surface area contributed by atoms with Crippen LogP contribution in [0.1, 0.15) is 86.0 Å². The Hall–Kier alpha value is -2.42. The van der Waals surface area contributed by atoms with Crippen molar-refractivity contribution in [3.05, 3.63) is 17.0 Å². The minimum absolute atomic E-state index is 0.0200. The first-order chi connectivity index (χ1) is 16.9. The number of carbonyl (C=O) groups is 3. The summed E-state index contributed by atoms with van der Waals surface area (Å²) in [6.45, 7) is 4.00. The summed E-state index contributed by atoms with van der Waals surface area (Å²) in [5.41, 5.74) is 2.40. The number of aromatic nitrogens is 2. The maximum Gasteiger partial charge on any atom is 0.274 e. The van der Waals surface area contributed by atoms with Crippen LogP contribution in [0.2, 0.25) is 0 Å². The van der Waals surface area contributed by atoms with Crippen molar-refractivity contribution in [2.45, 2.75) is 83.2 Å². The number of hydrogen-bond acceptors (Lipinski definition) is 5. The van der Waals surface area contributed by atoms with Crippen molar-refractivity contribution in [2.24, 2.45) is 7.05 Å². The SMILES string of the molecule is CN(CCNC(=O)CCC(=O)N1CCc2c(c(C(=O)N3CCCCC3)nn2C)C1)C1CCCCC1. The summed E-state index contributed by atoms with van der Waals surface area (Å²) in [5.74, 6) is -0.130. The molecule has 0 atom stereocenters. The van der Waals surface area contributed by atoms with Crippen molar-refractivity contribution < 1.29 is 14.4 Å². The molecule has 1 N–H and O–H groups in total. The number of hydrogen-bond donors (Lipinski definition) is 1. The molecular weight excluding hydrogens is 444 g/mol. The molecule has 1 aromatic heterocycles. The van der Waals surface area contributed by atoms with Crippen LogP contribution in [0.15, 0.2) is 0 Å². The first-order valence-electron chi connectivity index (χ1n) is 13.5. The fraction of sp³-hybridized carbons (Fsp3) is 0.769. The van der Waals surface area contributed by atoms with Gasteiger partial charge in [-0.2, -0.15) is 5.10 Å². The van der Waals surface area contributed by atoms with Gasteiger partial charge in [-0.15, -0.1) is 0 Å². The van der Waals surface area contributed by atoms with Crippen LogP contribution in [-0.2, 0) is 29.6 Å². The molecule has 9 nitrogen and oxygen atoms in total. The molecule has 9 heteroatoms. The van der Waals surface area contributed by atoms with Crippen LogP contribution >= 0.6 is 0 Å². The van der Waals surface area contributed by atoms with Gasteiger partial charge in [-0.1, -0.05) is 19.3 Å². The summed E-state index contributed by atoms with van der Waals surface area (Å²) in [4.78, 5) is 44.4. The second kappa shape index (κ2) is 12.0. The molecule has 0 aromatic carbocycles. The van der Waals surface area contributed by atoms with Gasteiger partial charge in [0.25, 0.3) is 5.91 Å². The van der Waals surface area contributed by atoms with Crippen molar-refractivity contribution >= 4 is 17.7 Å². The number of carbonyl (C=O) groups excluding carboxylic acids is 3. The van der Waals surface area contributed by atoms with E-state index in [-0.39, 0.29) is 30.6 Å². The normalized spacial score (nSPS) is 19.1. The highest BCUT2D eigenvalue weighted by molar-refractivity contribution is 5.94. The molecule has 3 heterocycles. The standard InChI is InChI=1S/C26H42N6O3/c1-29(20-9-5-3-6-10-20)18-14-27-23(33)11-12-24(34)32-17-13-22-21(19-32)25(28-30(22)2)26(35)31-15-7-4-8-16-31/h20H,3-19H2,1-2H3,(H,27,33). The monoisotopic (exact) mass is 486 g/mol. The molecule has 1 saturated heterocycles. The average molecular weight is 487 g/mol. The van der Waals surface area contributed by atoms with Gasteiger partial charge in [0.1, 0.15) is 0 Å². The topological polar surface area (TPSA) is 90.8 Å². The lowest BCUT2D eigenvalue weighted by Gasteiger charge is -2.31. The van der Waals surface area contributed by atoms with Gasteiger partial charge in [0, 0.05) is 82.9 Å². The number of likely N-dealkylation sites (N-methyl/N-ethyl adjacent to an activating group) is 1. The molecule has 4 rings (SSSR count). The molecule has 1 aliphatic carbocycles. The minimum atomic E-state index is -0.0737. The number of nitrogens with one attached hydrogen (secondary N) is 1. The van der Waals surface area contributed by atoms with Crippen molar-refractivity contribution in [2.75, 3.05) is 39.8 Å². The Morgan fingerprint density at radius 3 is 2.43 bits per heavy atom.